The molecular weight excluding hydrogens is 449 g/mol. The van der Waals surface area contributed by atoms with Gasteiger partial charge in [0.25, 0.3) is 0 Å². The molecule has 0 saturated heterocycles. The zero-order chi connectivity index (χ0) is 25.4. The van der Waals surface area contributed by atoms with Crippen molar-refractivity contribution in [1.82, 2.24) is 10.6 Å². The Labute approximate surface area is 197 Å². The number of hydrogen-bond donors (Lipinski definition) is 2. The summed E-state index contributed by atoms with van der Waals surface area (Å²) < 4.78 is 48.8. The van der Waals surface area contributed by atoms with E-state index in [1.807, 2.05) is 6.92 Å². The second-order valence-electron chi connectivity index (χ2n) is 8.83. The topological polar surface area (TPSA) is 76.7 Å². The maximum absolute atomic E-state index is 12.6. The van der Waals surface area contributed by atoms with E-state index < -0.39 is 29.5 Å². The molecule has 186 valence electrons. The highest BCUT2D eigenvalue weighted by molar-refractivity contribution is 5.85. The van der Waals surface area contributed by atoms with Gasteiger partial charge in [-0.25, -0.2) is 4.79 Å². The molecule has 0 radical (unpaired) electrons. The molecule has 0 aliphatic carbocycles. The van der Waals surface area contributed by atoms with Crippen molar-refractivity contribution in [1.29, 1.82) is 0 Å². The van der Waals surface area contributed by atoms with Crippen molar-refractivity contribution >= 4 is 12.0 Å². The van der Waals surface area contributed by atoms with Gasteiger partial charge in [-0.05, 0) is 62.6 Å². The molecule has 1 atom stereocenters. The van der Waals surface area contributed by atoms with Crippen LogP contribution < -0.4 is 15.4 Å². The minimum absolute atomic E-state index is 0.128. The van der Waals surface area contributed by atoms with Gasteiger partial charge in [0.1, 0.15) is 24.0 Å². The van der Waals surface area contributed by atoms with E-state index in [2.05, 4.69) is 10.6 Å². The highest BCUT2D eigenvalue weighted by Crippen LogP contribution is 2.29. The summed E-state index contributed by atoms with van der Waals surface area (Å²) in [6.07, 6.45) is -3.83. The van der Waals surface area contributed by atoms with Crippen LogP contribution in [0.25, 0.3) is 0 Å². The van der Waals surface area contributed by atoms with E-state index in [-0.39, 0.29) is 19.1 Å². The van der Waals surface area contributed by atoms with Crippen LogP contribution in [0, 0.1) is 0 Å². The van der Waals surface area contributed by atoms with Gasteiger partial charge >= 0.3 is 12.3 Å². The van der Waals surface area contributed by atoms with E-state index in [9.17, 15) is 22.8 Å². The van der Waals surface area contributed by atoms with Crippen molar-refractivity contribution in [2.45, 2.75) is 71.5 Å². The molecule has 9 heteroatoms. The Balaban J connectivity index is 1.85. The lowest BCUT2D eigenvalue weighted by Gasteiger charge is -2.23. The second kappa shape index (κ2) is 11.8. The molecule has 0 spiro atoms. The fourth-order valence-corrected chi connectivity index (χ4v) is 2.98. The van der Waals surface area contributed by atoms with Crippen molar-refractivity contribution in [2.24, 2.45) is 0 Å². The summed E-state index contributed by atoms with van der Waals surface area (Å²) in [5.74, 6) is 0.237. The molecule has 0 bridgehead atoms. The molecule has 6 nitrogen and oxygen atoms in total. The minimum atomic E-state index is -4.37. The summed E-state index contributed by atoms with van der Waals surface area (Å²) in [6.45, 7) is 7.55. The molecule has 0 heterocycles. The summed E-state index contributed by atoms with van der Waals surface area (Å²) in [7, 11) is 0. The Morgan fingerprint density at radius 1 is 0.941 bits per heavy atom. The highest BCUT2D eigenvalue weighted by atomic mass is 19.4. The number of ether oxygens (including phenoxy) is 2. The summed E-state index contributed by atoms with van der Waals surface area (Å²) in [5, 5.41) is 5.41. The predicted molar refractivity (Wildman–Crippen MR) is 122 cm³/mol. The number of amides is 2. The van der Waals surface area contributed by atoms with E-state index >= 15 is 0 Å². The normalized spacial score (nSPS) is 12.6. The number of alkyl carbamates (subject to hydrolysis) is 1. The maximum Gasteiger partial charge on any atom is 0.416 e. The first-order chi connectivity index (χ1) is 15.9. The second-order valence-corrected chi connectivity index (χ2v) is 8.83. The molecule has 2 aromatic carbocycles. The fraction of sp³-hybridized carbons (Fsp3) is 0.440. The van der Waals surface area contributed by atoms with E-state index in [0.717, 1.165) is 17.7 Å². The monoisotopic (exact) mass is 480 g/mol. The van der Waals surface area contributed by atoms with Crippen LogP contribution in [0.5, 0.6) is 5.75 Å². The smallest absolute Gasteiger partial charge is 0.416 e. The molecule has 0 saturated carbocycles. The maximum atomic E-state index is 12.6. The molecule has 0 aliphatic heterocycles. The molecule has 34 heavy (non-hydrogen) atoms. The molecule has 2 N–H and O–H groups in total. The van der Waals surface area contributed by atoms with Gasteiger partial charge in [-0.15, -0.1) is 0 Å². The number of nitrogens with one attached hydrogen (secondary N) is 2. The van der Waals surface area contributed by atoms with Crippen molar-refractivity contribution in [3.8, 4) is 5.75 Å². The molecule has 0 fully saturated rings. The van der Waals surface area contributed by atoms with Gasteiger partial charge in [0.2, 0.25) is 5.91 Å². The first kappa shape index (κ1) is 27.0. The average molecular weight is 481 g/mol. The molecule has 2 aromatic rings. The summed E-state index contributed by atoms with van der Waals surface area (Å²) in [4.78, 5) is 24.6. The van der Waals surface area contributed by atoms with Crippen LogP contribution >= 0.6 is 0 Å². The van der Waals surface area contributed by atoms with Gasteiger partial charge in [-0.1, -0.05) is 37.6 Å². The summed E-state index contributed by atoms with van der Waals surface area (Å²) >= 11 is 0. The van der Waals surface area contributed by atoms with Crippen LogP contribution in [0.15, 0.2) is 48.5 Å². The van der Waals surface area contributed by atoms with Crippen molar-refractivity contribution in [2.75, 3.05) is 0 Å². The van der Waals surface area contributed by atoms with Gasteiger partial charge in [0, 0.05) is 6.54 Å². The Morgan fingerprint density at radius 3 is 2.06 bits per heavy atom. The zero-order valence-corrected chi connectivity index (χ0v) is 19.8. The first-order valence-electron chi connectivity index (χ1n) is 11.0. The fourth-order valence-electron chi connectivity index (χ4n) is 2.98. The number of halogens is 3. The largest absolute Gasteiger partial charge is 0.489 e. The van der Waals surface area contributed by atoms with Gasteiger partial charge in [-0.2, -0.15) is 13.2 Å². The Morgan fingerprint density at radius 2 is 1.53 bits per heavy atom. The third-order valence-corrected chi connectivity index (χ3v) is 4.66. The van der Waals surface area contributed by atoms with Gasteiger partial charge < -0.3 is 20.1 Å². The van der Waals surface area contributed by atoms with E-state index in [4.69, 9.17) is 9.47 Å². The van der Waals surface area contributed by atoms with Gasteiger partial charge in [0.15, 0.2) is 0 Å². The lowest BCUT2D eigenvalue weighted by atomic mass is 10.1. The quantitative estimate of drug-likeness (QED) is 0.490. The Kier molecular flexibility index (Phi) is 9.35. The van der Waals surface area contributed by atoms with Crippen molar-refractivity contribution < 1.29 is 32.2 Å². The number of hydrogen-bond acceptors (Lipinski definition) is 4. The SMILES string of the molecule is CCC[C@H](NC(=O)OC(C)(C)C)C(=O)NCc1ccc(OCc2ccc(C(F)(F)F)cc2)cc1. The standard InChI is InChI=1S/C25H31F3N2O4/c1-5-6-21(30-23(32)34-24(2,3)4)22(31)29-15-17-9-13-20(14-10-17)33-16-18-7-11-19(12-8-18)25(26,27)28/h7-14,21H,5-6,15-16H2,1-4H3,(H,29,31)(H,30,32)/t21-/m0/s1. The van der Waals surface area contributed by atoms with Crippen molar-refractivity contribution in [3.05, 3.63) is 65.2 Å². The number of alkyl halides is 3. The van der Waals surface area contributed by atoms with E-state index in [0.29, 0.717) is 24.2 Å². The highest BCUT2D eigenvalue weighted by Gasteiger charge is 2.30. The summed E-state index contributed by atoms with van der Waals surface area (Å²) in [5.41, 5.74) is 0.0740. The number of rotatable bonds is 9. The lowest BCUT2D eigenvalue weighted by molar-refractivity contribution is -0.137. The molecule has 0 unspecified atom stereocenters. The number of benzene rings is 2. The van der Waals surface area contributed by atoms with Crippen LogP contribution in [0.3, 0.4) is 0 Å². The van der Waals surface area contributed by atoms with E-state index in [1.54, 1.807) is 45.0 Å². The Bertz CT molecular complexity index is 937. The van der Waals surface area contributed by atoms with Crippen LogP contribution in [0.4, 0.5) is 18.0 Å². The molecule has 0 aromatic heterocycles. The average Bonchev–Trinajstić information content (AvgIpc) is 2.75. The summed E-state index contributed by atoms with van der Waals surface area (Å²) in [6, 6.07) is 11.1. The van der Waals surface area contributed by atoms with Crippen molar-refractivity contribution in [3.63, 3.8) is 0 Å². The van der Waals surface area contributed by atoms with Crippen LogP contribution in [0.2, 0.25) is 0 Å². The Hall–Kier alpha value is -3.23. The molecule has 0 aliphatic rings. The molecule has 2 rings (SSSR count). The number of carbonyl (C=O) groups is 2. The van der Waals surface area contributed by atoms with Crippen LogP contribution in [-0.4, -0.2) is 23.6 Å². The zero-order valence-electron chi connectivity index (χ0n) is 19.8. The third-order valence-electron chi connectivity index (χ3n) is 4.66. The molecule has 2 amide bonds. The first-order valence-corrected chi connectivity index (χ1v) is 11.0. The van der Waals surface area contributed by atoms with Gasteiger partial charge in [0.05, 0.1) is 5.56 Å². The van der Waals surface area contributed by atoms with Crippen LogP contribution in [0.1, 0.15) is 57.2 Å². The molecular formula is C25H31F3N2O4. The number of carbonyl (C=O) groups excluding carboxylic acids is 2. The predicted octanol–water partition coefficient (Wildman–Crippen LogP) is 5.59. The van der Waals surface area contributed by atoms with E-state index in [1.165, 1.54) is 12.1 Å². The minimum Gasteiger partial charge on any atom is -0.489 e. The lowest BCUT2D eigenvalue weighted by Crippen LogP contribution is -2.47. The van der Waals surface area contributed by atoms with Crippen LogP contribution in [-0.2, 0) is 28.9 Å². The third kappa shape index (κ3) is 9.33. The van der Waals surface area contributed by atoms with Gasteiger partial charge in [-0.3, -0.25) is 4.79 Å².